The molecule has 7 heteroatoms. The van der Waals surface area contributed by atoms with Crippen molar-refractivity contribution in [2.45, 2.75) is 19.4 Å². The summed E-state index contributed by atoms with van der Waals surface area (Å²) in [6.45, 7) is 6.79. The number of aryl methyl sites for hydroxylation is 1. The zero-order valence-electron chi connectivity index (χ0n) is 13.1. The summed E-state index contributed by atoms with van der Waals surface area (Å²) in [7, 11) is 0. The maximum Gasteiger partial charge on any atom is 0.191 e. The van der Waals surface area contributed by atoms with Crippen LogP contribution in [0.15, 0.2) is 58.9 Å². The second-order valence-corrected chi connectivity index (χ2v) is 4.78. The summed E-state index contributed by atoms with van der Waals surface area (Å²) in [5.41, 5.74) is 0. The van der Waals surface area contributed by atoms with Gasteiger partial charge in [0.2, 0.25) is 0 Å². The van der Waals surface area contributed by atoms with E-state index in [0.717, 1.165) is 44.2 Å². The van der Waals surface area contributed by atoms with E-state index in [2.05, 4.69) is 27.3 Å². The number of halogens is 1. The molecule has 0 aliphatic rings. The van der Waals surface area contributed by atoms with Crippen molar-refractivity contribution in [3.63, 3.8) is 0 Å². The maximum absolute atomic E-state index is 5.31. The standard InChI is InChI=1S/C16H23N5O.HI/c1-2-8-17-16(19-11-7-15-6-3-14-22-15)18-9-4-12-21-13-5-10-20-21;/h2-3,5-6,10,13-14H,1,4,7-9,11-12H2,(H2,17,18,19);1H. The highest BCUT2D eigenvalue weighted by atomic mass is 127. The molecule has 2 N–H and O–H groups in total. The molecule has 0 atom stereocenters. The lowest BCUT2D eigenvalue weighted by Gasteiger charge is -2.10. The van der Waals surface area contributed by atoms with Gasteiger partial charge in [0.15, 0.2) is 5.96 Å². The van der Waals surface area contributed by atoms with Gasteiger partial charge in [0.05, 0.1) is 6.26 Å². The fourth-order valence-electron chi connectivity index (χ4n) is 1.96. The third kappa shape index (κ3) is 7.87. The SMILES string of the molecule is C=CCNC(=NCCCn1cccn1)NCCc1ccco1.I. The minimum atomic E-state index is 0. The van der Waals surface area contributed by atoms with Crippen LogP contribution < -0.4 is 10.6 Å². The van der Waals surface area contributed by atoms with E-state index in [1.54, 1.807) is 12.5 Å². The van der Waals surface area contributed by atoms with Crippen LogP contribution >= 0.6 is 24.0 Å². The van der Waals surface area contributed by atoms with E-state index in [-0.39, 0.29) is 24.0 Å². The van der Waals surface area contributed by atoms with Gasteiger partial charge in [-0.05, 0) is 24.6 Å². The van der Waals surface area contributed by atoms with E-state index >= 15 is 0 Å². The lowest BCUT2D eigenvalue weighted by Crippen LogP contribution is -2.38. The number of nitrogens with zero attached hydrogens (tertiary/aromatic N) is 3. The average Bonchev–Trinajstić information content (AvgIpc) is 3.21. The first-order chi connectivity index (χ1) is 10.9. The van der Waals surface area contributed by atoms with Crippen molar-refractivity contribution < 1.29 is 4.42 Å². The molecular weight excluding hydrogens is 405 g/mol. The molecule has 0 spiro atoms. The lowest BCUT2D eigenvalue weighted by molar-refractivity contribution is 0.506. The van der Waals surface area contributed by atoms with E-state index in [0.29, 0.717) is 6.54 Å². The Morgan fingerprint density at radius 3 is 3.00 bits per heavy atom. The highest BCUT2D eigenvalue weighted by Crippen LogP contribution is 1.99. The molecule has 0 amide bonds. The minimum Gasteiger partial charge on any atom is -0.469 e. The monoisotopic (exact) mass is 429 g/mol. The molecule has 2 rings (SSSR count). The highest BCUT2D eigenvalue weighted by Gasteiger charge is 1.99. The maximum atomic E-state index is 5.31. The van der Waals surface area contributed by atoms with E-state index in [1.807, 2.05) is 35.2 Å². The molecule has 6 nitrogen and oxygen atoms in total. The van der Waals surface area contributed by atoms with Crippen LogP contribution in [0, 0.1) is 0 Å². The van der Waals surface area contributed by atoms with Crippen LogP contribution in [0.4, 0.5) is 0 Å². The van der Waals surface area contributed by atoms with Crippen LogP contribution in [0.25, 0.3) is 0 Å². The first-order valence-corrected chi connectivity index (χ1v) is 7.51. The van der Waals surface area contributed by atoms with Crippen molar-refractivity contribution in [1.82, 2.24) is 20.4 Å². The fraction of sp³-hybridized carbons (Fsp3) is 0.375. The summed E-state index contributed by atoms with van der Waals surface area (Å²) < 4.78 is 7.22. The smallest absolute Gasteiger partial charge is 0.191 e. The molecular formula is C16H24IN5O. The summed E-state index contributed by atoms with van der Waals surface area (Å²) >= 11 is 0. The summed E-state index contributed by atoms with van der Waals surface area (Å²) in [4.78, 5) is 4.55. The number of aromatic nitrogens is 2. The highest BCUT2D eigenvalue weighted by molar-refractivity contribution is 14.0. The first-order valence-electron chi connectivity index (χ1n) is 7.51. The number of hydrogen-bond acceptors (Lipinski definition) is 3. The zero-order chi connectivity index (χ0) is 15.5. The Labute approximate surface area is 154 Å². The predicted molar refractivity (Wildman–Crippen MR) is 103 cm³/mol. The summed E-state index contributed by atoms with van der Waals surface area (Å²) in [5, 5.41) is 10.7. The number of furan rings is 1. The Morgan fingerprint density at radius 2 is 2.30 bits per heavy atom. The molecule has 2 aromatic rings. The molecule has 0 fully saturated rings. The van der Waals surface area contributed by atoms with Crippen LogP contribution in [0.2, 0.25) is 0 Å². The Morgan fingerprint density at radius 1 is 1.39 bits per heavy atom. The molecule has 0 saturated carbocycles. The predicted octanol–water partition coefficient (Wildman–Crippen LogP) is 2.45. The first kappa shape index (κ1) is 19.3. The molecule has 0 radical (unpaired) electrons. The van der Waals surface area contributed by atoms with Crippen molar-refractivity contribution in [2.75, 3.05) is 19.6 Å². The van der Waals surface area contributed by atoms with Crippen LogP contribution in [0.1, 0.15) is 12.2 Å². The van der Waals surface area contributed by atoms with E-state index < -0.39 is 0 Å². The Kier molecular flexibility index (Phi) is 9.85. The van der Waals surface area contributed by atoms with Crippen LogP contribution in [-0.2, 0) is 13.0 Å². The zero-order valence-corrected chi connectivity index (χ0v) is 15.5. The summed E-state index contributed by atoms with van der Waals surface area (Å²) in [6.07, 6.45) is 9.03. The molecule has 0 aliphatic heterocycles. The number of rotatable bonds is 9. The van der Waals surface area contributed by atoms with E-state index in [1.165, 1.54) is 0 Å². The van der Waals surface area contributed by atoms with Gasteiger partial charge in [0, 0.05) is 45.0 Å². The van der Waals surface area contributed by atoms with Gasteiger partial charge in [-0.3, -0.25) is 9.67 Å². The topological polar surface area (TPSA) is 67.4 Å². The average molecular weight is 429 g/mol. The van der Waals surface area contributed by atoms with Crippen LogP contribution in [0.5, 0.6) is 0 Å². The summed E-state index contributed by atoms with van der Waals surface area (Å²) in [6, 6.07) is 5.80. The molecule has 0 aromatic carbocycles. The molecule has 0 saturated heterocycles. The number of hydrogen-bond donors (Lipinski definition) is 2. The fourth-order valence-corrected chi connectivity index (χ4v) is 1.96. The van der Waals surface area contributed by atoms with Gasteiger partial charge in [0.1, 0.15) is 5.76 Å². The third-order valence-corrected chi connectivity index (χ3v) is 3.03. The molecule has 0 bridgehead atoms. The van der Waals surface area contributed by atoms with E-state index in [9.17, 15) is 0 Å². The van der Waals surface area contributed by atoms with Gasteiger partial charge in [-0.2, -0.15) is 5.10 Å². The number of aliphatic imine (C=N–C) groups is 1. The van der Waals surface area contributed by atoms with Gasteiger partial charge < -0.3 is 15.1 Å². The van der Waals surface area contributed by atoms with Gasteiger partial charge >= 0.3 is 0 Å². The Bertz CT molecular complexity index is 551. The number of nitrogens with one attached hydrogen (secondary N) is 2. The van der Waals surface area contributed by atoms with Gasteiger partial charge in [-0.25, -0.2) is 0 Å². The molecule has 23 heavy (non-hydrogen) atoms. The minimum absolute atomic E-state index is 0. The Balaban J connectivity index is 0.00000264. The third-order valence-electron chi connectivity index (χ3n) is 3.03. The molecule has 2 aromatic heterocycles. The van der Waals surface area contributed by atoms with Crippen LogP contribution in [-0.4, -0.2) is 35.4 Å². The molecule has 0 aliphatic carbocycles. The van der Waals surface area contributed by atoms with Crippen molar-refractivity contribution >= 4 is 29.9 Å². The van der Waals surface area contributed by atoms with E-state index in [4.69, 9.17) is 4.42 Å². The van der Waals surface area contributed by atoms with Gasteiger partial charge in [-0.15, -0.1) is 30.6 Å². The number of guanidine groups is 1. The van der Waals surface area contributed by atoms with Crippen LogP contribution in [0.3, 0.4) is 0 Å². The largest absolute Gasteiger partial charge is 0.469 e. The van der Waals surface area contributed by atoms with Gasteiger partial charge in [-0.1, -0.05) is 6.08 Å². The second-order valence-electron chi connectivity index (χ2n) is 4.78. The molecule has 126 valence electrons. The quantitative estimate of drug-likeness (QED) is 0.211. The summed E-state index contributed by atoms with van der Waals surface area (Å²) in [5.74, 6) is 1.76. The molecule has 2 heterocycles. The lowest BCUT2D eigenvalue weighted by atomic mass is 10.3. The Hall–Kier alpha value is -1.77. The second kappa shape index (κ2) is 11.8. The van der Waals surface area contributed by atoms with Gasteiger partial charge in [0.25, 0.3) is 0 Å². The normalized spacial score (nSPS) is 10.9. The molecule has 0 unspecified atom stereocenters. The van der Waals surface area contributed by atoms with Crippen molar-refractivity contribution in [3.05, 3.63) is 55.3 Å². The van der Waals surface area contributed by atoms with Crippen molar-refractivity contribution in [3.8, 4) is 0 Å². The van der Waals surface area contributed by atoms with Crippen molar-refractivity contribution in [2.24, 2.45) is 4.99 Å². The van der Waals surface area contributed by atoms with Crippen molar-refractivity contribution in [1.29, 1.82) is 0 Å².